The summed E-state index contributed by atoms with van der Waals surface area (Å²) in [5.41, 5.74) is 6.20. The van der Waals surface area contributed by atoms with Crippen LogP contribution >= 0.6 is 0 Å². The van der Waals surface area contributed by atoms with Gasteiger partial charge in [-0.25, -0.2) is 4.39 Å². The summed E-state index contributed by atoms with van der Waals surface area (Å²) in [4.78, 5) is 0. The Bertz CT molecular complexity index is 366. The van der Waals surface area contributed by atoms with E-state index in [0.29, 0.717) is 17.9 Å². The Labute approximate surface area is 116 Å². The molecule has 0 fully saturated rings. The minimum Gasteiger partial charge on any atom is -0.493 e. The number of unbranched alkanes of at least 4 members (excludes halogenated alkanes) is 5. The van der Waals surface area contributed by atoms with Gasteiger partial charge in [0.15, 0.2) is 0 Å². The number of halogens is 1. The fourth-order valence-electron chi connectivity index (χ4n) is 2.04. The van der Waals surface area contributed by atoms with E-state index in [9.17, 15) is 4.39 Å². The summed E-state index contributed by atoms with van der Waals surface area (Å²) in [5.74, 6) is 0.311. The van der Waals surface area contributed by atoms with Crippen LogP contribution in [0.3, 0.4) is 0 Å². The molecule has 0 aliphatic rings. The van der Waals surface area contributed by atoms with E-state index >= 15 is 0 Å². The molecule has 2 nitrogen and oxygen atoms in total. The minimum atomic E-state index is -0.285. The third-order valence-electron chi connectivity index (χ3n) is 3.23. The van der Waals surface area contributed by atoms with Crippen molar-refractivity contribution in [2.24, 2.45) is 5.73 Å². The van der Waals surface area contributed by atoms with Gasteiger partial charge in [-0.05, 0) is 19.4 Å². The van der Waals surface area contributed by atoms with Crippen LogP contribution in [0.1, 0.15) is 64.0 Å². The Morgan fingerprint density at radius 3 is 2.47 bits per heavy atom. The smallest absolute Gasteiger partial charge is 0.131 e. The number of hydrogen-bond acceptors (Lipinski definition) is 2. The lowest BCUT2D eigenvalue weighted by Crippen LogP contribution is -2.07. The predicted molar refractivity (Wildman–Crippen MR) is 77.9 cm³/mol. The van der Waals surface area contributed by atoms with Gasteiger partial charge in [-0.2, -0.15) is 0 Å². The van der Waals surface area contributed by atoms with Gasteiger partial charge in [-0.15, -0.1) is 0 Å². The summed E-state index contributed by atoms with van der Waals surface area (Å²) < 4.78 is 19.2. The zero-order valence-electron chi connectivity index (χ0n) is 12.1. The van der Waals surface area contributed by atoms with Gasteiger partial charge in [0.2, 0.25) is 0 Å². The van der Waals surface area contributed by atoms with Crippen molar-refractivity contribution in [3.8, 4) is 5.75 Å². The highest BCUT2D eigenvalue weighted by atomic mass is 19.1. The molecule has 0 aliphatic heterocycles. The van der Waals surface area contributed by atoms with Crippen LogP contribution in [0, 0.1) is 5.82 Å². The molecule has 0 heterocycles. The Hall–Kier alpha value is -1.09. The molecule has 0 aromatic heterocycles. The highest BCUT2D eigenvalue weighted by Crippen LogP contribution is 2.20. The van der Waals surface area contributed by atoms with Crippen LogP contribution in [-0.2, 0) is 0 Å². The molecular weight excluding hydrogens is 241 g/mol. The van der Waals surface area contributed by atoms with Gasteiger partial charge < -0.3 is 10.5 Å². The zero-order valence-corrected chi connectivity index (χ0v) is 12.1. The Kier molecular flexibility index (Phi) is 7.49. The van der Waals surface area contributed by atoms with Crippen LogP contribution in [-0.4, -0.2) is 6.61 Å². The number of nitrogens with two attached hydrogens (primary N) is 1. The second kappa shape index (κ2) is 8.92. The van der Waals surface area contributed by atoms with Crippen LogP contribution in [0.4, 0.5) is 4.39 Å². The molecule has 0 spiro atoms. The van der Waals surface area contributed by atoms with Crippen LogP contribution in [0.5, 0.6) is 5.75 Å². The number of rotatable bonds is 9. The normalized spacial score (nSPS) is 12.4. The molecule has 0 saturated heterocycles. The van der Waals surface area contributed by atoms with Crippen molar-refractivity contribution >= 4 is 0 Å². The number of ether oxygens (including phenoxy) is 1. The second-order valence-electron chi connectivity index (χ2n) is 5.09. The minimum absolute atomic E-state index is 0.282. The molecule has 1 rings (SSSR count). The fraction of sp³-hybridized carbons (Fsp3) is 0.625. The first-order chi connectivity index (χ1) is 9.15. The van der Waals surface area contributed by atoms with Gasteiger partial charge in [0.1, 0.15) is 11.6 Å². The summed E-state index contributed by atoms with van der Waals surface area (Å²) in [6, 6.07) is 4.64. The third-order valence-corrected chi connectivity index (χ3v) is 3.23. The van der Waals surface area contributed by atoms with Crippen molar-refractivity contribution in [3.63, 3.8) is 0 Å². The Balaban J connectivity index is 2.25. The first kappa shape index (κ1) is 16.0. The summed E-state index contributed by atoms with van der Waals surface area (Å²) in [7, 11) is 0. The molecule has 2 N–H and O–H groups in total. The standard InChI is InChI=1S/C16H26FNO/c1-3-4-5-6-7-8-11-19-14-9-10-15(13(2)18)16(17)12-14/h9-10,12-13H,3-8,11,18H2,1-2H3/t13-/m1/s1. The fourth-order valence-corrected chi connectivity index (χ4v) is 2.04. The summed E-state index contributed by atoms with van der Waals surface area (Å²) >= 11 is 0. The first-order valence-corrected chi connectivity index (χ1v) is 7.33. The predicted octanol–water partition coefficient (Wildman–Crippen LogP) is 4.58. The van der Waals surface area contributed by atoms with Crippen LogP contribution in [0.15, 0.2) is 18.2 Å². The second-order valence-corrected chi connectivity index (χ2v) is 5.09. The largest absolute Gasteiger partial charge is 0.493 e. The van der Waals surface area contributed by atoms with E-state index in [1.165, 1.54) is 38.2 Å². The van der Waals surface area contributed by atoms with Crippen LogP contribution in [0.2, 0.25) is 0 Å². The SMILES string of the molecule is CCCCCCCCOc1ccc([C@@H](C)N)c(F)c1. The highest BCUT2D eigenvalue weighted by Gasteiger charge is 2.07. The van der Waals surface area contributed by atoms with E-state index in [4.69, 9.17) is 10.5 Å². The number of hydrogen-bond donors (Lipinski definition) is 1. The van der Waals surface area contributed by atoms with Gasteiger partial charge in [-0.3, -0.25) is 0 Å². The van der Waals surface area contributed by atoms with E-state index in [0.717, 1.165) is 6.42 Å². The Morgan fingerprint density at radius 1 is 1.16 bits per heavy atom. The quantitative estimate of drug-likeness (QED) is 0.664. The molecule has 0 unspecified atom stereocenters. The molecule has 0 saturated carbocycles. The van der Waals surface area contributed by atoms with Crippen molar-refractivity contribution in [1.29, 1.82) is 0 Å². The maximum atomic E-state index is 13.7. The van der Waals surface area contributed by atoms with E-state index in [1.54, 1.807) is 19.1 Å². The lowest BCUT2D eigenvalue weighted by molar-refractivity contribution is 0.302. The molecule has 3 heteroatoms. The number of benzene rings is 1. The summed E-state index contributed by atoms with van der Waals surface area (Å²) in [6.45, 7) is 4.64. The maximum Gasteiger partial charge on any atom is 0.131 e. The van der Waals surface area contributed by atoms with Crippen molar-refractivity contribution in [2.45, 2.75) is 58.4 Å². The van der Waals surface area contributed by atoms with Gasteiger partial charge in [-0.1, -0.05) is 45.1 Å². The van der Waals surface area contributed by atoms with Gasteiger partial charge in [0.25, 0.3) is 0 Å². The van der Waals surface area contributed by atoms with Crippen molar-refractivity contribution in [1.82, 2.24) is 0 Å². The van der Waals surface area contributed by atoms with Gasteiger partial charge in [0, 0.05) is 17.7 Å². The lowest BCUT2D eigenvalue weighted by Gasteiger charge is -2.10. The first-order valence-electron chi connectivity index (χ1n) is 7.33. The molecule has 1 aromatic carbocycles. The highest BCUT2D eigenvalue weighted by molar-refractivity contribution is 5.30. The molecule has 19 heavy (non-hydrogen) atoms. The van der Waals surface area contributed by atoms with Crippen molar-refractivity contribution in [2.75, 3.05) is 6.61 Å². The molecule has 0 aliphatic carbocycles. The van der Waals surface area contributed by atoms with Gasteiger partial charge in [0.05, 0.1) is 6.61 Å². The van der Waals surface area contributed by atoms with Crippen LogP contribution in [0.25, 0.3) is 0 Å². The van der Waals surface area contributed by atoms with E-state index in [2.05, 4.69) is 6.92 Å². The van der Waals surface area contributed by atoms with E-state index in [-0.39, 0.29) is 11.9 Å². The maximum absolute atomic E-state index is 13.7. The molecule has 108 valence electrons. The van der Waals surface area contributed by atoms with E-state index < -0.39 is 0 Å². The average molecular weight is 267 g/mol. The van der Waals surface area contributed by atoms with E-state index in [1.807, 2.05) is 0 Å². The molecule has 0 bridgehead atoms. The van der Waals surface area contributed by atoms with Crippen molar-refractivity contribution < 1.29 is 9.13 Å². The topological polar surface area (TPSA) is 35.2 Å². The third kappa shape index (κ3) is 6.06. The lowest BCUT2D eigenvalue weighted by atomic mass is 10.1. The molecule has 0 radical (unpaired) electrons. The van der Waals surface area contributed by atoms with Gasteiger partial charge >= 0.3 is 0 Å². The van der Waals surface area contributed by atoms with Crippen molar-refractivity contribution in [3.05, 3.63) is 29.6 Å². The monoisotopic (exact) mass is 267 g/mol. The molecule has 1 atom stereocenters. The summed E-state index contributed by atoms with van der Waals surface area (Å²) in [5, 5.41) is 0. The molecular formula is C16H26FNO. The summed E-state index contributed by atoms with van der Waals surface area (Å²) in [6.07, 6.45) is 7.34. The average Bonchev–Trinajstić information content (AvgIpc) is 2.37. The molecule has 1 aromatic rings. The zero-order chi connectivity index (χ0) is 14.1. The Morgan fingerprint density at radius 2 is 1.84 bits per heavy atom. The molecule has 0 amide bonds. The van der Waals surface area contributed by atoms with Crippen LogP contribution < -0.4 is 10.5 Å².